The molecule has 0 fully saturated rings. The Kier molecular flexibility index (Phi) is 5.27. The van der Waals surface area contributed by atoms with E-state index < -0.39 is 11.7 Å². The zero-order valence-corrected chi connectivity index (χ0v) is 13.4. The molecule has 2 N–H and O–H groups in total. The Hall–Kier alpha value is -2.21. The maximum Gasteiger partial charge on any atom is 0.251 e. The minimum Gasteiger partial charge on any atom is -0.348 e. The molecule has 0 saturated carbocycles. The number of benzene rings is 2. The molecule has 0 aliphatic carbocycles. The molecule has 2 aromatic rings. The molecule has 2 amide bonds. The van der Waals surface area contributed by atoms with Crippen molar-refractivity contribution in [1.29, 1.82) is 0 Å². The van der Waals surface area contributed by atoms with Crippen LogP contribution in [0.1, 0.15) is 22.8 Å². The molecule has 0 aliphatic rings. The van der Waals surface area contributed by atoms with Crippen molar-refractivity contribution in [3.63, 3.8) is 0 Å². The van der Waals surface area contributed by atoms with Gasteiger partial charge in [0.15, 0.2) is 0 Å². The minimum absolute atomic E-state index is 0.0115. The van der Waals surface area contributed by atoms with Crippen LogP contribution >= 0.6 is 15.9 Å². The summed E-state index contributed by atoms with van der Waals surface area (Å²) in [7, 11) is 0. The highest BCUT2D eigenvalue weighted by atomic mass is 79.9. The zero-order chi connectivity index (χ0) is 16.1. The molecule has 0 heterocycles. The van der Waals surface area contributed by atoms with Crippen molar-refractivity contribution in [3.8, 4) is 0 Å². The van der Waals surface area contributed by atoms with Gasteiger partial charge < -0.3 is 10.6 Å². The fourth-order valence-electron chi connectivity index (χ4n) is 1.88. The molecule has 114 valence electrons. The summed E-state index contributed by atoms with van der Waals surface area (Å²) in [5.41, 5.74) is 1.20. The van der Waals surface area contributed by atoms with Crippen LogP contribution in [0.5, 0.6) is 0 Å². The van der Waals surface area contributed by atoms with Gasteiger partial charge in [-0.2, -0.15) is 0 Å². The summed E-state index contributed by atoms with van der Waals surface area (Å²) < 4.78 is 14.5. The summed E-state index contributed by atoms with van der Waals surface area (Å²) in [5, 5.41) is 5.10. The predicted molar refractivity (Wildman–Crippen MR) is 86.0 cm³/mol. The molecular formula is C16H14BrFN2O2. The number of hydrogen-bond acceptors (Lipinski definition) is 2. The summed E-state index contributed by atoms with van der Waals surface area (Å²) in [6.07, 6.45) is 0. The first-order valence-corrected chi connectivity index (χ1v) is 7.35. The molecule has 6 heteroatoms. The average molecular weight is 365 g/mol. The molecule has 0 saturated heterocycles. The number of carbonyl (C=O) groups excluding carboxylic acids is 2. The van der Waals surface area contributed by atoms with Crippen molar-refractivity contribution >= 4 is 33.4 Å². The average Bonchev–Trinajstić information content (AvgIpc) is 2.46. The van der Waals surface area contributed by atoms with Crippen molar-refractivity contribution in [2.75, 3.05) is 5.32 Å². The Morgan fingerprint density at radius 2 is 1.95 bits per heavy atom. The minimum atomic E-state index is -0.585. The van der Waals surface area contributed by atoms with E-state index in [1.165, 1.54) is 19.1 Å². The molecular weight excluding hydrogens is 351 g/mol. The third kappa shape index (κ3) is 4.39. The molecule has 0 aliphatic heterocycles. The monoisotopic (exact) mass is 364 g/mol. The summed E-state index contributed by atoms with van der Waals surface area (Å²) in [6.45, 7) is 1.63. The molecule has 0 spiro atoms. The molecule has 0 atom stereocenters. The summed E-state index contributed by atoms with van der Waals surface area (Å²) in [5.74, 6) is -1.32. The maximum atomic E-state index is 13.5. The third-order valence-corrected chi connectivity index (χ3v) is 3.37. The third-order valence-electron chi connectivity index (χ3n) is 2.88. The number of hydrogen-bond donors (Lipinski definition) is 2. The molecule has 2 aromatic carbocycles. The number of nitrogens with one attached hydrogen (secondary N) is 2. The van der Waals surface area contributed by atoms with Gasteiger partial charge in [0.05, 0.1) is 5.69 Å². The van der Waals surface area contributed by atoms with Crippen molar-refractivity contribution in [1.82, 2.24) is 5.32 Å². The van der Waals surface area contributed by atoms with Crippen LogP contribution in [0.4, 0.5) is 10.1 Å². The molecule has 0 radical (unpaired) electrons. The lowest BCUT2D eigenvalue weighted by Crippen LogP contribution is -2.23. The number of anilines is 1. The smallest absolute Gasteiger partial charge is 0.251 e. The highest BCUT2D eigenvalue weighted by molar-refractivity contribution is 9.10. The van der Waals surface area contributed by atoms with Crippen molar-refractivity contribution in [2.45, 2.75) is 13.5 Å². The molecule has 0 bridgehead atoms. The Balaban J connectivity index is 2.07. The van der Waals surface area contributed by atoms with Crippen LogP contribution in [0.25, 0.3) is 0 Å². The Morgan fingerprint density at radius 3 is 2.64 bits per heavy atom. The largest absolute Gasteiger partial charge is 0.348 e. The number of amides is 2. The van der Waals surface area contributed by atoms with E-state index in [0.717, 1.165) is 16.1 Å². The Bertz CT molecular complexity index is 719. The van der Waals surface area contributed by atoms with Crippen molar-refractivity contribution < 1.29 is 14.0 Å². The fraction of sp³-hybridized carbons (Fsp3) is 0.125. The Labute approximate surface area is 135 Å². The number of rotatable bonds is 4. The molecule has 22 heavy (non-hydrogen) atoms. The van der Waals surface area contributed by atoms with Gasteiger partial charge >= 0.3 is 0 Å². The lowest BCUT2D eigenvalue weighted by atomic mass is 10.1. The van der Waals surface area contributed by atoms with Crippen LogP contribution in [0.3, 0.4) is 0 Å². The predicted octanol–water partition coefficient (Wildman–Crippen LogP) is 3.48. The first-order chi connectivity index (χ1) is 10.5. The van der Waals surface area contributed by atoms with E-state index in [4.69, 9.17) is 0 Å². The van der Waals surface area contributed by atoms with Gasteiger partial charge in [0.1, 0.15) is 5.82 Å². The van der Waals surface area contributed by atoms with E-state index >= 15 is 0 Å². The highest BCUT2D eigenvalue weighted by Gasteiger charge is 2.10. The van der Waals surface area contributed by atoms with E-state index in [2.05, 4.69) is 26.6 Å². The quantitative estimate of drug-likeness (QED) is 0.872. The van der Waals surface area contributed by atoms with Crippen LogP contribution in [0, 0.1) is 5.82 Å². The maximum absolute atomic E-state index is 13.5. The lowest BCUT2D eigenvalue weighted by molar-refractivity contribution is -0.114. The number of halogens is 2. The van der Waals surface area contributed by atoms with Gasteiger partial charge in [-0.3, -0.25) is 9.59 Å². The highest BCUT2D eigenvalue weighted by Crippen LogP contribution is 2.16. The van der Waals surface area contributed by atoms with E-state index in [9.17, 15) is 14.0 Å². The van der Waals surface area contributed by atoms with Crippen molar-refractivity contribution in [3.05, 3.63) is 63.9 Å². The van der Waals surface area contributed by atoms with E-state index in [1.54, 1.807) is 0 Å². The van der Waals surface area contributed by atoms with Crippen LogP contribution in [-0.4, -0.2) is 11.8 Å². The molecule has 0 aromatic heterocycles. The summed E-state index contributed by atoms with van der Waals surface area (Å²) in [4.78, 5) is 23.1. The molecule has 0 unspecified atom stereocenters. The number of carbonyl (C=O) groups is 2. The van der Waals surface area contributed by atoms with Gasteiger partial charge in [0.25, 0.3) is 5.91 Å². The second-order valence-corrected chi connectivity index (χ2v) is 5.60. The van der Waals surface area contributed by atoms with Gasteiger partial charge in [0, 0.05) is 23.5 Å². The second kappa shape index (κ2) is 7.17. The van der Waals surface area contributed by atoms with Crippen LogP contribution in [-0.2, 0) is 11.3 Å². The first kappa shape index (κ1) is 16.2. The van der Waals surface area contributed by atoms with Gasteiger partial charge in [-0.25, -0.2) is 4.39 Å². The van der Waals surface area contributed by atoms with E-state index in [0.29, 0.717) is 6.54 Å². The Morgan fingerprint density at radius 1 is 1.18 bits per heavy atom. The van der Waals surface area contributed by atoms with Crippen LogP contribution in [0.15, 0.2) is 46.9 Å². The standard InChI is InChI=1S/C16H14BrFN2O2/c1-10(21)20-15-8-12(5-6-14(15)18)16(22)19-9-11-3-2-4-13(17)7-11/h2-8H,9H2,1H3,(H,19,22)(H,20,21). The second-order valence-electron chi connectivity index (χ2n) is 4.69. The SMILES string of the molecule is CC(=O)Nc1cc(C(=O)NCc2cccc(Br)c2)ccc1F. The lowest BCUT2D eigenvalue weighted by Gasteiger charge is -2.09. The fourth-order valence-corrected chi connectivity index (χ4v) is 2.33. The van der Waals surface area contributed by atoms with Crippen LogP contribution in [0.2, 0.25) is 0 Å². The van der Waals surface area contributed by atoms with E-state index in [-0.39, 0.29) is 17.2 Å². The van der Waals surface area contributed by atoms with Gasteiger partial charge in [-0.1, -0.05) is 28.1 Å². The van der Waals surface area contributed by atoms with Crippen LogP contribution < -0.4 is 10.6 Å². The zero-order valence-electron chi connectivity index (χ0n) is 11.8. The van der Waals surface area contributed by atoms with Crippen molar-refractivity contribution in [2.24, 2.45) is 0 Å². The summed E-state index contributed by atoms with van der Waals surface area (Å²) in [6, 6.07) is 11.4. The van der Waals surface area contributed by atoms with Gasteiger partial charge in [0.2, 0.25) is 5.91 Å². The summed E-state index contributed by atoms with van der Waals surface area (Å²) >= 11 is 3.36. The molecule has 4 nitrogen and oxygen atoms in total. The van der Waals surface area contributed by atoms with Gasteiger partial charge in [-0.15, -0.1) is 0 Å². The molecule has 2 rings (SSSR count). The van der Waals surface area contributed by atoms with Gasteiger partial charge in [-0.05, 0) is 35.9 Å². The normalized spacial score (nSPS) is 10.1. The first-order valence-electron chi connectivity index (χ1n) is 6.55. The van der Waals surface area contributed by atoms with E-state index in [1.807, 2.05) is 24.3 Å². The topological polar surface area (TPSA) is 58.2 Å².